The van der Waals surface area contributed by atoms with E-state index < -0.39 is 5.97 Å². The van der Waals surface area contributed by atoms with E-state index in [9.17, 15) is 4.79 Å². The van der Waals surface area contributed by atoms with Gasteiger partial charge in [-0.05, 0) is 24.1 Å². The molecule has 0 radical (unpaired) electrons. The average molecular weight is 175 g/mol. The number of hydrogen-bond acceptors (Lipinski definition) is 2. The fraction of sp³-hybridized carbons (Fsp3) is 0.200. The van der Waals surface area contributed by atoms with E-state index in [0.29, 0.717) is 11.1 Å². The second kappa shape index (κ2) is 3.72. The quantitative estimate of drug-likeness (QED) is 0.740. The molecule has 1 rings (SSSR count). The number of nitriles is 1. The zero-order valence-corrected chi connectivity index (χ0v) is 7.24. The largest absolute Gasteiger partial charge is 0.481 e. The molecular weight excluding hydrogens is 166 g/mol. The van der Waals surface area contributed by atoms with Crippen LogP contribution in [0, 0.1) is 18.3 Å². The van der Waals surface area contributed by atoms with Crippen molar-refractivity contribution >= 4 is 5.97 Å². The lowest BCUT2D eigenvalue weighted by Gasteiger charge is -2.00. The van der Waals surface area contributed by atoms with Gasteiger partial charge in [-0.25, -0.2) is 0 Å². The summed E-state index contributed by atoms with van der Waals surface area (Å²) in [5.74, 6) is -0.916. The highest BCUT2D eigenvalue weighted by atomic mass is 16.4. The third-order valence-corrected chi connectivity index (χ3v) is 1.73. The molecule has 0 heterocycles. The van der Waals surface area contributed by atoms with E-state index in [-0.39, 0.29) is 6.42 Å². The second-order valence-electron chi connectivity index (χ2n) is 2.84. The summed E-state index contributed by atoms with van der Waals surface area (Å²) in [7, 11) is 0. The number of aryl methyl sites for hydroxylation is 1. The van der Waals surface area contributed by atoms with Gasteiger partial charge in [0, 0.05) is 0 Å². The topological polar surface area (TPSA) is 61.1 Å². The Kier molecular flexibility index (Phi) is 2.65. The smallest absolute Gasteiger partial charge is 0.307 e. The molecule has 0 atom stereocenters. The molecule has 13 heavy (non-hydrogen) atoms. The van der Waals surface area contributed by atoms with Crippen LogP contribution in [0.1, 0.15) is 16.7 Å². The van der Waals surface area contributed by atoms with Crippen molar-refractivity contribution in [1.82, 2.24) is 0 Å². The molecule has 1 N–H and O–H groups in total. The number of benzene rings is 1. The number of carboxylic acid groups (broad SMARTS) is 1. The van der Waals surface area contributed by atoms with Crippen molar-refractivity contribution in [3.63, 3.8) is 0 Å². The SMILES string of the molecule is Cc1ccc(CC(=O)O)c(C#N)c1. The van der Waals surface area contributed by atoms with Crippen LogP contribution in [0.25, 0.3) is 0 Å². The molecule has 3 nitrogen and oxygen atoms in total. The van der Waals surface area contributed by atoms with E-state index in [4.69, 9.17) is 10.4 Å². The van der Waals surface area contributed by atoms with Crippen LogP contribution < -0.4 is 0 Å². The molecule has 0 amide bonds. The molecule has 0 aliphatic heterocycles. The number of carboxylic acids is 1. The van der Waals surface area contributed by atoms with Gasteiger partial charge in [0.2, 0.25) is 0 Å². The highest BCUT2D eigenvalue weighted by Gasteiger charge is 2.05. The number of carbonyl (C=O) groups is 1. The van der Waals surface area contributed by atoms with Crippen LogP contribution in [0.3, 0.4) is 0 Å². The minimum absolute atomic E-state index is 0.0941. The van der Waals surface area contributed by atoms with Gasteiger partial charge >= 0.3 is 5.97 Å². The molecule has 1 aromatic carbocycles. The lowest BCUT2D eigenvalue weighted by atomic mass is 10.0. The van der Waals surface area contributed by atoms with Crippen molar-refractivity contribution in [3.05, 3.63) is 34.9 Å². The lowest BCUT2D eigenvalue weighted by molar-refractivity contribution is -0.136. The average Bonchev–Trinajstić information content (AvgIpc) is 2.07. The minimum atomic E-state index is -0.916. The van der Waals surface area contributed by atoms with Gasteiger partial charge in [-0.3, -0.25) is 4.79 Å². The van der Waals surface area contributed by atoms with Gasteiger partial charge in [0.1, 0.15) is 0 Å². The Labute approximate surface area is 76.2 Å². The van der Waals surface area contributed by atoms with Crippen LogP contribution >= 0.6 is 0 Å². The number of rotatable bonds is 2. The van der Waals surface area contributed by atoms with Gasteiger partial charge in [-0.15, -0.1) is 0 Å². The first-order valence-electron chi connectivity index (χ1n) is 3.85. The molecule has 0 aromatic heterocycles. The minimum Gasteiger partial charge on any atom is -0.481 e. The van der Waals surface area contributed by atoms with Crippen molar-refractivity contribution < 1.29 is 9.90 Å². The second-order valence-corrected chi connectivity index (χ2v) is 2.84. The number of nitrogens with zero attached hydrogens (tertiary/aromatic N) is 1. The van der Waals surface area contributed by atoms with Crippen molar-refractivity contribution in [2.45, 2.75) is 13.3 Å². The highest BCUT2D eigenvalue weighted by molar-refractivity contribution is 5.71. The first-order valence-corrected chi connectivity index (χ1v) is 3.85. The van der Waals surface area contributed by atoms with Crippen LogP contribution in [0.15, 0.2) is 18.2 Å². The summed E-state index contributed by atoms with van der Waals surface area (Å²) in [5.41, 5.74) is 1.98. The van der Waals surface area contributed by atoms with E-state index in [0.717, 1.165) is 5.56 Å². The molecule has 0 aliphatic rings. The summed E-state index contributed by atoms with van der Waals surface area (Å²) in [6.07, 6.45) is -0.0941. The van der Waals surface area contributed by atoms with E-state index in [1.54, 1.807) is 18.2 Å². The first kappa shape index (κ1) is 9.27. The third-order valence-electron chi connectivity index (χ3n) is 1.73. The molecule has 0 fully saturated rings. The highest BCUT2D eigenvalue weighted by Crippen LogP contribution is 2.11. The van der Waals surface area contributed by atoms with E-state index >= 15 is 0 Å². The molecule has 1 aromatic rings. The Balaban J connectivity index is 3.08. The third kappa shape index (κ3) is 2.31. The fourth-order valence-corrected chi connectivity index (χ4v) is 1.11. The molecule has 0 spiro atoms. The molecule has 0 bridgehead atoms. The maximum atomic E-state index is 10.4. The van der Waals surface area contributed by atoms with Crippen molar-refractivity contribution in [2.75, 3.05) is 0 Å². The van der Waals surface area contributed by atoms with Gasteiger partial charge in [0.15, 0.2) is 0 Å². The zero-order chi connectivity index (χ0) is 9.84. The molecule has 3 heteroatoms. The van der Waals surface area contributed by atoms with Crippen LogP contribution in [-0.4, -0.2) is 11.1 Å². The summed E-state index contributed by atoms with van der Waals surface area (Å²) in [5, 5.41) is 17.3. The van der Waals surface area contributed by atoms with Gasteiger partial charge in [-0.1, -0.05) is 12.1 Å². The Morgan fingerprint density at radius 2 is 2.31 bits per heavy atom. The van der Waals surface area contributed by atoms with Crippen LogP contribution in [0.4, 0.5) is 0 Å². The van der Waals surface area contributed by atoms with Crippen LogP contribution in [0.5, 0.6) is 0 Å². The molecular formula is C10H9NO2. The fourth-order valence-electron chi connectivity index (χ4n) is 1.11. The lowest BCUT2D eigenvalue weighted by Crippen LogP contribution is -2.02. The maximum Gasteiger partial charge on any atom is 0.307 e. The Hall–Kier alpha value is -1.82. The van der Waals surface area contributed by atoms with Crippen LogP contribution in [-0.2, 0) is 11.2 Å². The predicted molar refractivity (Wildman–Crippen MR) is 47.2 cm³/mol. The van der Waals surface area contributed by atoms with E-state index in [1.165, 1.54) is 0 Å². The molecule has 0 aliphatic carbocycles. The van der Waals surface area contributed by atoms with Crippen LogP contribution in [0.2, 0.25) is 0 Å². The van der Waals surface area contributed by atoms with Gasteiger partial charge in [0.05, 0.1) is 18.1 Å². The summed E-state index contributed by atoms with van der Waals surface area (Å²) in [4.78, 5) is 10.4. The summed E-state index contributed by atoms with van der Waals surface area (Å²) in [6, 6.07) is 7.16. The summed E-state index contributed by atoms with van der Waals surface area (Å²) < 4.78 is 0. The first-order chi connectivity index (χ1) is 6.13. The summed E-state index contributed by atoms with van der Waals surface area (Å²) >= 11 is 0. The van der Waals surface area contributed by atoms with Gasteiger partial charge in [-0.2, -0.15) is 5.26 Å². The van der Waals surface area contributed by atoms with E-state index in [2.05, 4.69) is 0 Å². The Morgan fingerprint density at radius 3 is 2.85 bits per heavy atom. The summed E-state index contributed by atoms with van der Waals surface area (Å²) in [6.45, 7) is 1.87. The van der Waals surface area contributed by atoms with Crippen molar-refractivity contribution in [2.24, 2.45) is 0 Å². The standard InChI is InChI=1S/C10H9NO2/c1-7-2-3-8(5-10(12)13)9(4-7)6-11/h2-4H,5H2,1H3,(H,12,13). The monoisotopic (exact) mass is 175 g/mol. The number of hydrogen-bond donors (Lipinski definition) is 1. The molecule has 0 saturated heterocycles. The van der Waals surface area contributed by atoms with Crippen molar-refractivity contribution in [1.29, 1.82) is 5.26 Å². The molecule has 0 saturated carbocycles. The Morgan fingerprint density at radius 1 is 1.62 bits per heavy atom. The molecule has 66 valence electrons. The van der Waals surface area contributed by atoms with Gasteiger partial charge < -0.3 is 5.11 Å². The van der Waals surface area contributed by atoms with Crippen molar-refractivity contribution in [3.8, 4) is 6.07 Å². The molecule has 0 unspecified atom stereocenters. The normalized spacial score (nSPS) is 9.23. The predicted octanol–water partition coefficient (Wildman–Crippen LogP) is 1.49. The van der Waals surface area contributed by atoms with E-state index in [1.807, 2.05) is 13.0 Å². The maximum absolute atomic E-state index is 10.4. The number of aliphatic carboxylic acids is 1. The zero-order valence-electron chi connectivity index (χ0n) is 7.24. The Bertz CT molecular complexity index is 377. The van der Waals surface area contributed by atoms with Gasteiger partial charge in [0.25, 0.3) is 0 Å².